The van der Waals surface area contributed by atoms with Crippen molar-refractivity contribution in [2.45, 2.75) is 49.1 Å². The van der Waals surface area contributed by atoms with Crippen LogP contribution in [0.2, 0.25) is 0 Å². The van der Waals surface area contributed by atoms with Crippen molar-refractivity contribution in [3.63, 3.8) is 0 Å². The summed E-state index contributed by atoms with van der Waals surface area (Å²) in [5.41, 5.74) is -0.101. The van der Waals surface area contributed by atoms with E-state index in [2.05, 4.69) is 17.3 Å². The summed E-state index contributed by atoms with van der Waals surface area (Å²) >= 11 is 1.83. The quantitative estimate of drug-likeness (QED) is 0.558. The number of rotatable bonds is 8. The summed E-state index contributed by atoms with van der Waals surface area (Å²) in [6.45, 7) is 2.35. The minimum atomic E-state index is -0.101. The van der Waals surface area contributed by atoms with E-state index in [0.717, 1.165) is 18.6 Å². The zero-order chi connectivity index (χ0) is 13.0. The maximum Gasteiger partial charge on any atom is 0.0625 e. The predicted molar refractivity (Wildman–Crippen MR) is 74.8 cm³/mol. The molecule has 0 amide bonds. The van der Waals surface area contributed by atoms with Crippen molar-refractivity contribution in [3.05, 3.63) is 12.4 Å². The van der Waals surface area contributed by atoms with E-state index < -0.39 is 0 Å². The lowest BCUT2D eigenvalue weighted by Gasteiger charge is -2.29. The molecule has 1 aromatic heterocycles. The molecule has 1 saturated carbocycles. The van der Waals surface area contributed by atoms with Crippen molar-refractivity contribution >= 4 is 11.8 Å². The van der Waals surface area contributed by atoms with Gasteiger partial charge in [0.05, 0.1) is 12.8 Å². The lowest BCUT2D eigenvalue weighted by molar-refractivity contribution is 0.163. The summed E-state index contributed by atoms with van der Waals surface area (Å²) in [7, 11) is 1.94. The van der Waals surface area contributed by atoms with Crippen molar-refractivity contribution in [1.82, 2.24) is 15.1 Å². The zero-order valence-corrected chi connectivity index (χ0v) is 12.0. The highest BCUT2D eigenvalue weighted by molar-refractivity contribution is 7.99. The number of nitrogens with zero attached hydrogens (tertiary/aromatic N) is 2. The number of hydrogen-bond acceptors (Lipinski definition) is 4. The molecule has 2 N–H and O–H groups in total. The third-order valence-corrected chi connectivity index (χ3v) is 4.34. The number of aryl methyl sites for hydroxylation is 1. The monoisotopic (exact) mass is 269 g/mol. The number of aliphatic hydroxyl groups is 1. The molecule has 0 aliphatic heterocycles. The molecule has 1 aromatic rings. The van der Waals surface area contributed by atoms with Crippen LogP contribution < -0.4 is 5.32 Å². The van der Waals surface area contributed by atoms with Gasteiger partial charge in [0, 0.05) is 29.7 Å². The maximum absolute atomic E-state index is 9.50. The largest absolute Gasteiger partial charge is 0.394 e. The molecule has 0 aromatic carbocycles. The third-order valence-electron chi connectivity index (χ3n) is 3.30. The molecule has 18 heavy (non-hydrogen) atoms. The fourth-order valence-corrected chi connectivity index (χ4v) is 2.92. The zero-order valence-electron chi connectivity index (χ0n) is 11.2. The average molecular weight is 269 g/mol. The fraction of sp³-hybridized carbons (Fsp3) is 0.769. The second-order valence-electron chi connectivity index (χ2n) is 5.44. The van der Waals surface area contributed by atoms with Gasteiger partial charge in [-0.25, -0.2) is 0 Å². The summed E-state index contributed by atoms with van der Waals surface area (Å²) in [6.07, 6.45) is 8.60. The first-order valence-corrected chi connectivity index (χ1v) is 7.60. The van der Waals surface area contributed by atoms with Crippen LogP contribution in [0.1, 0.15) is 32.6 Å². The molecule has 4 nitrogen and oxygen atoms in total. The first kappa shape index (κ1) is 13.9. The fourth-order valence-electron chi connectivity index (χ4n) is 2.04. The van der Waals surface area contributed by atoms with Gasteiger partial charge in [0.25, 0.3) is 0 Å². The lowest BCUT2D eigenvalue weighted by atomic mass is 9.97. The Morgan fingerprint density at radius 3 is 2.94 bits per heavy atom. The second kappa shape index (κ2) is 6.08. The number of aromatic nitrogens is 2. The molecular weight excluding hydrogens is 246 g/mol. The van der Waals surface area contributed by atoms with Crippen LogP contribution in [0.3, 0.4) is 0 Å². The number of hydrogen-bond donors (Lipinski definition) is 2. The highest BCUT2D eigenvalue weighted by atomic mass is 32.2. The van der Waals surface area contributed by atoms with Crippen LogP contribution in [0.15, 0.2) is 17.3 Å². The highest BCUT2D eigenvalue weighted by Crippen LogP contribution is 2.26. The minimum absolute atomic E-state index is 0.101. The second-order valence-corrected chi connectivity index (χ2v) is 6.61. The molecule has 102 valence electrons. The molecular formula is C13H23N3OS. The van der Waals surface area contributed by atoms with Gasteiger partial charge >= 0.3 is 0 Å². The Morgan fingerprint density at radius 2 is 2.39 bits per heavy atom. The van der Waals surface area contributed by atoms with E-state index in [1.165, 1.54) is 17.7 Å². The minimum Gasteiger partial charge on any atom is -0.394 e. The molecule has 0 spiro atoms. The van der Waals surface area contributed by atoms with Crippen LogP contribution >= 0.6 is 11.8 Å². The van der Waals surface area contributed by atoms with Crippen LogP contribution in [-0.4, -0.2) is 38.8 Å². The van der Waals surface area contributed by atoms with Crippen LogP contribution in [0.5, 0.6) is 0 Å². The van der Waals surface area contributed by atoms with Crippen molar-refractivity contribution < 1.29 is 5.11 Å². The summed E-state index contributed by atoms with van der Waals surface area (Å²) in [6, 6.07) is 0.646. The number of aliphatic hydroxyl groups excluding tert-OH is 1. The maximum atomic E-state index is 9.50. The van der Waals surface area contributed by atoms with Crippen molar-refractivity contribution in [1.29, 1.82) is 0 Å². The highest BCUT2D eigenvalue weighted by Gasteiger charge is 2.31. The summed E-state index contributed by atoms with van der Waals surface area (Å²) < 4.78 is 1.83. The van der Waals surface area contributed by atoms with E-state index in [0.29, 0.717) is 6.04 Å². The van der Waals surface area contributed by atoms with Crippen LogP contribution in [0.4, 0.5) is 0 Å². The average Bonchev–Trinajstić information content (AvgIpc) is 3.06. The van der Waals surface area contributed by atoms with Crippen LogP contribution in [-0.2, 0) is 7.05 Å². The van der Waals surface area contributed by atoms with Crippen molar-refractivity contribution in [3.8, 4) is 0 Å². The topological polar surface area (TPSA) is 50.1 Å². The lowest BCUT2D eigenvalue weighted by Crippen LogP contribution is -2.46. The summed E-state index contributed by atoms with van der Waals surface area (Å²) in [5.74, 6) is 1.08. The van der Waals surface area contributed by atoms with Crippen LogP contribution in [0.25, 0.3) is 0 Å². The molecule has 1 unspecified atom stereocenters. The molecule has 1 aliphatic carbocycles. The van der Waals surface area contributed by atoms with Gasteiger partial charge in [-0.1, -0.05) is 0 Å². The van der Waals surface area contributed by atoms with Gasteiger partial charge in [-0.15, -0.1) is 11.8 Å². The Labute approximate surface area is 113 Å². The van der Waals surface area contributed by atoms with E-state index in [1.54, 1.807) is 0 Å². The number of thioether (sulfide) groups is 1. The Hall–Kier alpha value is -0.520. The van der Waals surface area contributed by atoms with Gasteiger partial charge < -0.3 is 10.4 Å². The van der Waals surface area contributed by atoms with E-state index in [9.17, 15) is 5.11 Å². The molecule has 1 heterocycles. The molecule has 1 fully saturated rings. The number of nitrogens with one attached hydrogen (secondary N) is 1. The standard InChI is InChI=1S/C13H23N3OS/c1-13(10-17,15-11-4-5-11)6-3-7-18-12-8-14-16(2)9-12/h8-9,11,15,17H,3-7,10H2,1-2H3. The Morgan fingerprint density at radius 1 is 1.61 bits per heavy atom. The molecule has 0 radical (unpaired) electrons. The van der Waals surface area contributed by atoms with Crippen LogP contribution in [0, 0.1) is 0 Å². The molecule has 5 heteroatoms. The van der Waals surface area contributed by atoms with E-state index in [1.807, 2.05) is 35.9 Å². The Balaban J connectivity index is 1.66. The molecule has 2 rings (SSSR count). The molecule has 1 atom stereocenters. The van der Waals surface area contributed by atoms with Gasteiger partial charge in [0.1, 0.15) is 0 Å². The summed E-state index contributed by atoms with van der Waals surface area (Å²) in [5, 5.41) is 17.2. The van der Waals surface area contributed by atoms with E-state index in [-0.39, 0.29) is 12.1 Å². The third kappa shape index (κ3) is 4.30. The Kier molecular flexibility index (Phi) is 4.70. The van der Waals surface area contributed by atoms with E-state index in [4.69, 9.17) is 0 Å². The van der Waals surface area contributed by atoms with Gasteiger partial charge in [0.2, 0.25) is 0 Å². The van der Waals surface area contributed by atoms with Gasteiger partial charge in [-0.05, 0) is 38.4 Å². The van der Waals surface area contributed by atoms with Gasteiger partial charge in [-0.3, -0.25) is 4.68 Å². The molecule has 0 bridgehead atoms. The predicted octanol–water partition coefficient (Wildman–Crippen LogP) is 1.80. The molecule has 0 saturated heterocycles. The SMILES string of the molecule is Cn1cc(SCCCC(C)(CO)NC2CC2)cn1. The van der Waals surface area contributed by atoms with Crippen molar-refractivity contribution in [2.75, 3.05) is 12.4 Å². The van der Waals surface area contributed by atoms with Crippen molar-refractivity contribution in [2.24, 2.45) is 7.05 Å². The van der Waals surface area contributed by atoms with Gasteiger partial charge in [-0.2, -0.15) is 5.10 Å². The Bertz CT molecular complexity index is 378. The molecule has 1 aliphatic rings. The normalized spacial score (nSPS) is 18.8. The summed E-state index contributed by atoms with van der Waals surface area (Å²) in [4.78, 5) is 1.22. The smallest absolute Gasteiger partial charge is 0.0625 e. The first-order chi connectivity index (χ1) is 8.61. The van der Waals surface area contributed by atoms with Gasteiger partial charge in [0.15, 0.2) is 0 Å². The first-order valence-electron chi connectivity index (χ1n) is 6.61. The van der Waals surface area contributed by atoms with E-state index >= 15 is 0 Å².